The van der Waals surface area contributed by atoms with Gasteiger partial charge in [-0.2, -0.15) is 0 Å². The van der Waals surface area contributed by atoms with Crippen LogP contribution in [0.3, 0.4) is 0 Å². The van der Waals surface area contributed by atoms with Crippen molar-refractivity contribution in [1.29, 1.82) is 0 Å². The molecule has 0 saturated carbocycles. The molecule has 3 aromatic rings. The topological polar surface area (TPSA) is 24.9 Å². The predicted molar refractivity (Wildman–Crippen MR) is 95.0 cm³/mol. The number of hydrogen-bond acceptors (Lipinski definition) is 3. The average molecular weight is 359 g/mol. The lowest BCUT2D eigenvalue weighted by atomic mass is 9.94. The lowest BCUT2D eigenvalue weighted by Crippen LogP contribution is -2.01. The van der Waals surface area contributed by atoms with Gasteiger partial charge in [0, 0.05) is 16.1 Å². The van der Waals surface area contributed by atoms with E-state index in [-0.39, 0.29) is 17.0 Å². The summed E-state index contributed by atoms with van der Waals surface area (Å²) < 4.78 is 0. The van der Waals surface area contributed by atoms with Crippen LogP contribution in [0.4, 0.5) is 10.8 Å². The quantitative estimate of drug-likeness (QED) is 0.678. The summed E-state index contributed by atoms with van der Waals surface area (Å²) in [6.45, 7) is 0. The van der Waals surface area contributed by atoms with Gasteiger partial charge in [0.05, 0.1) is 5.69 Å². The Kier molecular flexibility index (Phi) is 4.08. The van der Waals surface area contributed by atoms with Crippen molar-refractivity contribution in [1.82, 2.24) is 4.98 Å². The van der Waals surface area contributed by atoms with E-state index in [4.69, 9.17) is 4.98 Å². The molecule has 0 unspecified atom stereocenters. The number of rotatable bonds is 2. The first-order valence-electron chi connectivity index (χ1n) is 6.80. The predicted octanol–water partition coefficient (Wildman–Crippen LogP) is 5.23. The van der Waals surface area contributed by atoms with Crippen LogP contribution in [-0.2, 0) is 12.8 Å². The van der Waals surface area contributed by atoms with Crippen LogP contribution in [0.15, 0.2) is 54.6 Å². The van der Waals surface area contributed by atoms with E-state index in [9.17, 15) is 0 Å². The van der Waals surface area contributed by atoms with Crippen LogP contribution in [0, 0.1) is 0 Å². The van der Waals surface area contributed by atoms with Gasteiger partial charge in [-0.1, -0.05) is 42.5 Å². The Hall–Kier alpha value is -1.65. The molecule has 0 radical (unpaired) electrons. The van der Waals surface area contributed by atoms with Crippen molar-refractivity contribution in [2.75, 3.05) is 5.32 Å². The number of halogens is 1. The van der Waals surface area contributed by atoms with Crippen molar-refractivity contribution in [2.24, 2.45) is 0 Å². The van der Waals surface area contributed by atoms with Gasteiger partial charge < -0.3 is 5.32 Å². The molecule has 0 saturated heterocycles. The molecule has 0 aliphatic heterocycles. The van der Waals surface area contributed by atoms with Crippen LogP contribution < -0.4 is 5.32 Å². The van der Waals surface area contributed by atoms with Crippen LogP contribution in [0.5, 0.6) is 0 Å². The molecule has 2 nitrogen and oxygen atoms in total. The SMILES string of the molecule is Br.c1ccc(Nc2nc3c(s2)CCc2ccccc2-3)cc1. The molecule has 1 aromatic heterocycles. The highest BCUT2D eigenvalue weighted by atomic mass is 79.9. The number of fused-ring (bicyclic) bond motifs is 3. The Morgan fingerprint density at radius 1 is 0.905 bits per heavy atom. The highest BCUT2D eigenvalue weighted by molar-refractivity contribution is 8.93. The molecule has 0 atom stereocenters. The summed E-state index contributed by atoms with van der Waals surface area (Å²) >= 11 is 1.77. The number of aryl methyl sites for hydroxylation is 2. The summed E-state index contributed by atoms with van der Waals surface area (Å²) in [5.74, 6) is 0. The zero-order valence-electron chi connectivity index (χ0n) is 11.4. The van der Waals surface area contributed by atoms with Crippen molar-refractivity contribution in [3.8, 4) is 11.3 Å². The highest BCUT2D eigenvalue weighted by Gasteiger charge is 2.20. The molecule has 1 N–H and O–H groups in total. The number of anilines is 2. The van der Waals surface area contributed by atoms with Crippen LogP contribution in [0.1, 0.15) is 10.4 Å². The Morgan fingerprint density at radius 3 is 2.52 bits per heavy atom. The van der Waals surface area contributed by atoms with Crippen LogP contribution in [0.25, 0.3) is 11.3 Å². The molecule has 0 amide bonds. The number of nitrogens with zero attached hydrogens (tertiary/aromatic N) is 1. The molecule has 106 valence electrons. The van der Waals surface area contributed by atoms with Gasteiger partial charge in [-0.15, -0.1) is 28.3 Å². The maximum Gasteiger partial charge on any atom is 0.187 e. The van der Waals surface area contributed by atoms with Crippen molar-refractivity contribution >= 4 is 39.1 Å². The first-order valence-corrected chi connectivity index (χ1v) is 7.62. The average Bonchev–Trinajstić information content (AvgIpc) is 2.91. The first-order chi connectivity index (χ1) is 9.90. The molecule has 2 aromatic carbocycles. The fourth-order valence-corrected chi connectivity index (χ4v) is 3.64. The number of thiazole rings is 1. The summed E-state index contributed by atoms with van der Waals surface area (Å²) in [4.78, 5) is 6.19. The second-order valence-corrected chi connectivity index (χ2v) is 6.02. The molecule has 0 bridgehead atoms. The van der Waals surface area contributed by atoms with Gasteiger partial charge in [-0.25, -0.2) is 4.98 Å². The van der Waals surface area contributed by atoms with E-state index in [1.54, 1.807) is 11.3 Å². The monoisotopic (exact) mass is 358 g/mol. The second-order valence-electron chi connectivity index (χ2n) is 4.94. The maximum atomic E-state index is 4.79. The summed E-state index contributed by atoms with van der Waals surface area (Å²) in [6, 6.07) is 18.8. The van der Waals surface area contributed by atoms with Crippen molar-refractivity contribution < 1.29 is 0 Å². The largest absolute Gasteiger partial charge is 0.332 e. The minimum Gasteiger partial charge on any atom is -0.332 e. The number of benzene rings is 2. The smallest absolute Gasteiger partial charge is 0.187 e. The Bertz CT molecular complexity index is 752. The molecule has 21 heavy (non-hydrogen) atoms. The van der Waals surface area contributed by atoms with Gasteiger partial charge in [0.15, 0.2) is 5.13 Å². The fraction of sp³-hybridized carbons (Fsp3) is 0.118. The maximum absolute atomic E-state index is 4.79. The molecule has 0 fully saturated rings. The minimum absolute atomic E-state index is 0. The van der Waals surface area contributed by atoms with E-state index in [0.29, 0.717) is 0 Å². The van der Waals surface area contributed by atoms with Crippen LogP contribution in [0.2, 0.25) is 0 Å². The second kappa shape index (κ2) is 6.00. The van der Waals surface area contributed by atoms with Gasteiger partial charge in [0.2, 0.25) is 0 Å². The van der Waals surface area contributed by atoms with Gasteiger partial charge in [-0.05, 0) is 30.5 Å². The lowest BCUT2D eigenvalue weighted by Gasteiger charge is -2.13. The summed E-state index contributed by atoms with van der Waals surface area (Å²) in [5, 5.41) is 4.38. The molecule has 1 aliphatic carbocycles. The summed E-state index contributed by atoms with van der Waals surface area (Å²) in [5.41, 5.74) is 4.96. The zero-order chi connectivity index (χ0) is 13.4. The molecule has 4 rings (SSSR count). The van der Waals surface area contributed by atoms with Crippen LogP contribution in [-0.4, -0.2) is 4.98 Å². The molecule has 0 spiro atoms. The highest BCUT2D eigenvalue weighted by Crippen LogP contribution is 2.38. The Labute approximate surface area is 138 Å². The van der Waals surface area contributed by atoms with Gasteiger partial charge >= 0.3 is 0 Å². The molecular formula is C17H15BrN2S. The fourth-order valence-electron chi connectivity index (χ4n) is 2.65. The number of aromatic nitrogens is 1. The lowest BCUT2D eigenvalue weighted by molar-refractivity contribution is 0.955. The van der Waals surface area contributed by atoms with E-state index in [1.807, 2.05) is 18.2 Å². The molecule has 1 aliphatic rings. The molecule has 4 heteroatoms. The zero-order valence-corrected chi connectivity index (χ0v) is 13.9. The Balaban J connectivity index is 0.00000132. The van der Waals surface area contributed by atoms with E-state index < -0.39 is 0 Å². The summed E-state index contributed by atoms with van der Waals surface area (Å²) in [6.07, 6.45) is 2.22. The van der Waals surface area contributed by atoms with Crippen molar-refractivity contribution in [3.63, 3.8) is 0 Å². The van der Waals surface area contributed by atoms with Gasteiger partial charge in [0.25, 0.3) is 0 Å². The van der Waals surface area contributed by atoms with Gasteiger partial charge in [0.1, 0.15) is 0 Å². The number of nitrogens with one attached hydrogen (secondary N) is 1. The third-order valence-electron chi connectivity index (χ3n) is 3.62. The van der Waals surface area contributed by atoms with E-state index in [0.717, 1.165) is 29.4 Å². The van der Waals surface area contributed by atoms with Crippen molar-refractivity contribution in [2.45, 2.75) is 12.8 Å². The molecular weight excluding hydrogens is 344 g/mol. The molecule has 1 heterocycles. The number of hydrogen-bond donors (Lipinski definition) is 1. The third kappa shape index (κ3) is 2.74. The number of para-hydroxylation sites is 1. The van der Waals surface area contributed by atoms with E-state index in [2.05, 4.69) is 41.7 Å². The Morgan fingerprint density at radius 2 is 1.67 bits per heavy atom. The minimum atomic E-state index is 0. The van der Waals surface area contributed by atoms with Crippen LogP contribution >= 0.6 is 28.3 Å². The third-order valence-corrected chi connectivity index (χ3v) is 4.65. The normalized spacial score (nSPS) is 12.0. The van der Waals surface area contributed by atoms with Gasteiger partial charge in [-0.3, -0.25) is 0 Å². The van der Waals surface area contributed by atoms with E-state index in [1.165, 1.54) is 16.0 Å². The first kappa shape index (κ1) is 14.3. The van der Waals surface area contributed by atoms with E-state index >= 15 is 0 Å². The van der Waals surface area contributed by atoms with Crippen molar-refractivity contribution in [3.05, 3.63) is 65.0 Å². The standard InChI is InChI=1S/C17H14N2S.BrH/c1-2-7-13(8-3-1)18-17-19-16-14-9-5-4-6-12(14)10-11-15(16)20-17;/h1-9H,10-11H2,(H,18,19);1H. The summed E-state index contributed by atoms with van der Waals surface area (Å²) in [7, 11) is 0.